The lowest BCUT2D eigenvalue weighted by Crippen LogP contribution is -2.36. The minimum absolute atomic E-state index is 0.0257. The van der Waals surface area contributed by atoms with Crippen molar-refractivity contribution in [3.8, 4) is 0 Å². The van der Waals surface area contributed by atoms with Gasteiger partial charge in [-0.1, -0.05) is 0 Å². The molecule has 2 rings (SSSR count). The first kappa shape index (κ1) is 14.0. The van der Waals surface area contributed by atoms with Crippen molar-refractivity contribution >= 4 is 5.84 Å². The lowest BCUT2D eigenvalue weighted by Gasteiger charge is -2.32. The number of nitrogens with zero attached hydrogens (tertiary/aromatic N) is 2. The highest BCUT2D eigenvalue weighted by molar-refractivity contribution is 5.93. The second-order valence-electron chi connectivity index (χ2n) is 5.16. The maximum atomic E-state index is 7.42. The van der Waals surface area contributed by atoms with Crippen molar-refractivity contribution in [1.82, 2.24) is 9.88 Å². The number of hydrogen-bond donors (Lipinski definition) is 2. The predicted octanol–water partition coefficient (Wildman–Crippen LogP) is 1.22. The van der Waals surface area contributed by atoms with Crippen molar-refractivity contribution in [3.05, 3.63) is 29.6 Å². The van der Waals surface area contributed by atoms with Crippen LogP contribution in [-0.4, -0.2) is 42.5 Å². The number of nitrogen functional groups attached to an aromatic ring is 1. The highest BCUT2D eigenvalue weighted by atomic mass is 16.5. The molecule has 1 aromatic heterocycles. The molecule has 1 unspecified atom stereocenters. The average Bonchev–Trinajstić information content (AvgIpc) is 2.40. The van der Waals surface area contributed by atoms with Gasteiger partial charge in [0.15, 0.2) is 0 Å². The Bertz CT molecular complexity index is 433. The zero-order valence-electron chi connectivity index (χ0n) is 11.4. The van der Waals surface area contributed by atoms with Crippen LogP contribution in [0.25, 0.3) is 0 Å². The molecule has 1 aliphatic rings. The van der Waals surface area contributed by atoms with Crippen LogP contribution in [-0.2, 0) is 11.3 Å². The number of likely N-dealkylation sites (tertiary alicyclic amines) is 1. The second-order valence-corrected chi connectivity index (χ2v) is 5.16. The average molecular weight is 262 g/mol. The molecule has 1 aliphatic heterocycles. The normalized spacial score (nSPS) is 20.4. The van der Waals surface area contributed by atoms with E-state index in [1.54, 1.807) is 13.3 Å². The molecule has 1 fully saturated rings. The van der Waals surface area contributed by atoms with Gasteiger partial charge in [0.1, 0.15) is 11.5 Å². The molecule has 2 heterocycles. The van der Waals surface area contributed by atoms with E-state index in [9.17, 15) is 0 Å². The Hall–Kier alpha value is -1.46. The zero-order valence-corrected chi connectivity index (χ0v) is 11.4. The molecule has 0 aromatic carbocycles. The molecule has 19 heavy (non-hydrogen) atoms. The maximum Gasteiger partial charge on any atom is 0.141 e. The van der Waals surface area contributed by atoms with Crippen LogP contribution in [0.15, 0.2) is 18.3 Å². The molecule has 1 aromatic rings. The molecule has 0 saturated carbocycles. The molecule has 5 heteroatoms. The van der Waals surface area contributed by atoms with Gasteiger partial charge in [-0.25, -0.2) is 0 Å². The van der Waals surface area contributed by atoms with Gasteiger partial charge in [-0.15, -0.1) is 0 Å². The van der Waals surface area contributed by atoms with E-state index in [4.69, 9.17) is 15.9 Å². The lowest BCUT2D eigenvalue weighted by molar-refractivity contribution is 0.0873. The predicted molar refractivity (Wildman–Crippen MR) is 75.1 cm³/mol. The van der Waals surface area contributed by atoms with Gasteiger partial charge in [0.25, 0.3) is 0 Å². The quantitative estimate of drug-likeness (QED) is 0.618. The smallest absolute Gasteiger partial charge is 0.141 e. The maximum absolute atomic E-state index is 7.42. The molecule has 0 bridgehead atoms. The van der Waals surface area contributed by atoms with E-state index in [2.05, 4.69) is 9.88 Å². The van der Waals surface area contributed by atoms with Crippen LogP contribution in [0.2, 0.25) is 0 Å². The van der Waals surface area contributed by atoms with Crippen LogP contribution in [0.1, 0.15) is 24.1 Å². The molecule has 1 atom stereocenters. The minimum atomic E-state index is 0.0257. The fourth-order valence-corrected chi connectivity index (χ4v) is 2.64. The van der Waals surface area contributed by atoms with Gasteiger partial charge in [-0.3, -0.25) is 15.3 Å². The first-order chi connectivity index (χ1) is 9.19. The summed E-state index contributed by atoms with van der Waals surface area (Å²) in [6, 6.07) is 3.90. The van der Waals surface area contributed by atoms with Crippen LogP contribution < -0.4 is 5.73 Å². The number of amidine groups is 1. The van der Waals surface area contributed by atoms with Gasteiger partial charge < -0.3 is 10.5 Å². The topological polar surface area (TPSA) is 75.2 Å². The number of methoxy groups -OCH3 is 1. The standard InChI is InChI=1S/C14H22N4O/c1-19-10-12-3-2-6-18(9-12)8-11-4-5-17-13(7-11)14(15)16/h4-5,7,12H,2-3,6,8-10H2,1H3,(H3,15,16). The summed E-state index contributed by atoms with van der Waals surface area (Å²) in [5, 5.41) is 7.42. The fraction of sp³-hybridized carbons (Fsp3) is 0.571. The summed E-state index contributed by atoms with van der Waals surface area (Å²) in [4.78, 5) is 6.53. The summed E-state index contributed by atoms with van der Waals surface area (Å²) in [5.74, 6) is 0.658. The molecular formula is C14H22N4O. The number of piperidine rings is 1. The molecule has 0 aliphatic carbocycles. The molecular weight excluding hydrogens is 240 g/mol. The largest absolute Gasteiger partial charge is 0.384 e. The van der Waals surface area contributed by atoms with E-state index in [0.29, 0.717) is 11.6 Å². The number of aromatic nitrogens is 1. The van der Waals surface area contributed by atoms with Gasteiger partial charge in [0.2, 0.25) is 0 Å². The third-order valence-electron chi connectivity index (χ3n) is 3.51. The number of nitrogens with one attached hydrogen (secondary N) is 1. The molecule has 0 radical (unpaired) electrons. The summed E-state index contributed by atoms with van der Waals surface area (Å²) in [6.45, 7) is 3.93. The Morgan fingerprint density at radius 3 is 3.21 bits per heavy atom. The Kier molecular flexibility index (Phi) is 4.87. The first-order valence-electron chi connectivity index (χ1n) is 6.69. The van der Waals surface area contributed by atoms with Crippen molar-refractivity contribution in [3.63, 3.8) is 0 Å². The highest BCUT2D eigenvalue weighted by Gasteiger charge is 2.19. The lowest BCUT2D eigenvalue weighted by atomic mass is 9.98. The Balaban J connectivity index is 1.96. The van der Waals surface area contributed by atoms with Crippen LogP contribution in [0.3, 0.4) is 0 Å². The number of nitrogens with two attached hydrogens (primary N) is 1. The van der Waals surface area contributed by atoms with Crippen molar-refractivity contribution in [2.45, 2.75) is 19.4 Å². The molecule has 104 valence electrons. The first-order valence-corrected chi connectivity index (χ1v) is 6.69. The third-order valence-corrected chi connectivity index (χ3v) is 3.51. The van der Waals surface area contributed by atoms with Crippen LogP contribution >= 0.6 is 0 Å². The Morgan fingerprint density at radius 2 is 2.47 bits per heavy atom. The molecule has 5 nitrogen and oxygen atoms in total. The van der Waals surface area contributed by atoms with E-state index in [0.717, 1.165) is 26.2 Å². The van der Waals surface area contributed by atoms with E-state index in [1.807, 2.05) is 12.1 Å². The van der Waals surface area contributed by atoms with E-state index < -0.39 is 0 Å². The van der Waals surface area contributed by atoms with Crippen molar-refractivity contribution in [2.24, 2.45) is 11.7 Å². The van der Waals surface area contributed by atoms with Crippen LogP contribution in [0.4, 0.5) is 0 Å². The summed E-state index contributed by atoms with van der Waals surface area (Å²) in [6.07, 6.45) is 4.20. The van der Waals surface area contributed by atoms with Gasteiger partial charge in [-0.05, 0) is 43.0 Å². The second kappa shape index (κ2) is 6.63. The molecule has 0 amide bonds. The number of ether oxygens (including phenoxy) is 1. The van der Waals surface area contributed by atoms with Gasteiger partial charge in [0, 0.05) is 26.4 Å². The molecule has 1 saturated heterocycles. The molecule has 0 spiro atoms. The van der Waals surface area contributed by atoms with E-state index >= 15 is 0 Å². The van der Waals surface area contributed by atoms with Gasteiger partial charge in [-0.2, -0.15) is 0 Å². The number of pyridine rings is 1. The fourth-order valence-electron chi connectivity index (χ4n) is 2.64. The zero-order chi connectivity index (χ0) is 13.7. The Morgan fingerprint density at radius 1 is 1.63 bits per heavy atom. The van der Waals surface area contributed by atoms with E-state index in [1.165, 1.54) is 18.4 Å². The van der Waals surface area contributed by atoms with E-state index in [-0.39, 0.29) is 5.84 Å². The number of hydrogen-bond acceptors (Lipinski definition) is 4. The van der Waals surface area contributed by atoms with Gasteiger partial charge >= 0.3 is 0 Å². The summed E-state index contributed by atoms with van der Waals surface area (Å²) in [7, 11) is 1.76. The minimum Gasteiger partial charge on any atom is -0.384 e. The highest BCUT2D eigenvalue weighted by Crippen LogP contribution is 2.18. The SMILES string of the molecule is COCC1CCCN(Cc2ccnc(C(=N)N)c2)C1. The third kappa shape index (κ3) is 4.01. The van der Waals surface area contributed by atoms with Gasteiger partial charge in [0.05, 0.1) is 6.61 Å². The summed E-state index contributed by atoms with van der Waals surface area (Å²) >= 11 is 0. The summed E-state index contributed by atoms with van der Waals surface area (Å²) < 4.78 is 5.25. The van der Waals surface area contributed by atoms with Crippen molar-refractivity contribution in [2.75, 3.05) is 26.8 Å². The monoisotopic (exact) mass is 262 g/mol. The van der Waals surface area contributed by atoms with Crippen molar-refractivity contribution < 1.29 is 4.74 Å². The Labute approximate surface area is 114 Å². The number of rotatable bonds is 5. The van der Waals surface area contributed by atoms with Crippen LogP contribution in [0.5, 0.6) is 0 Å². The van der Waals surface area contributed by atoms with Crippen LogP contribution in [0, 0.1) is 11.3 Å². The summed E-state index contributed by atoms with van der Waals surface area (Å²) in [5.41, 5.74) is 7.19. The van der Waals surface area contributed by atoms with Crippen molar-refractivity contribution in [1.29, 1.82) is 5.41 Å². The molecule has 3 N–H and O–H groups in total.